The van der Waals surface area contributed by atoms with Crippen molar-refractivity contribution >= 4 is 23.7 Å². The van der Waals surface area contributed by atoms with Gasteiger partial charge in [-0.3, -0.25) is 19.2 Å². The lowest BCUT2D eigenvalue weighted by Crippen LogP contribution is -2.57. The van der Waals surface area contributed by atoms with Crippen LogP contribution in [0.3, 0.4) is 0 Å². The van der Waals surface area contributed by atoms with Gasteiger partial charge in [-0.15, -0.1) is 0 Å². The molecule has 0 aliphatic carbocycles. The average molecular weight is 518 g/mol. The molecule has 2 fully saturated rings. The largest absolute Gasteiger partial charge is 0.460 e. The minimum absolute atomic E-state index is 0.142. The number of likely N-dealkylation sites (tertiary alicyclic amines) is 1. The van der Waals surface area contributed by atoms with Crippen molar-refractivity contribution in [2.45, 2.75) is 82.8 Å². The van der Waals surface area contributed by atoms with E-state index in [-0.39, 0.29) is 31.4 Å². The highest BCUT2D eigenvalue weighted by molar-refractivity contribution is 5.99. The van der Waals surface area contributed by atoms with Crippen LogP contribution in [0.2, 0.25) is 0 Å². The fourth-order valence-electron chi connectivity index (χ4n) is 5.96. The molecule has 0 aromatic rings. The predicted octanol–water partition coefficient (Wildman–Crippen LogP) is 0.935. The van der Waals surface area contributed by atoms with Gasteiger partial charge in [0.25, 0.3) is 0 Å². The number of esters is 1. The van der Waals surface area contributed by atoms with E-state index in [1.54, 1.807) is 37.0 Å². The number of unbranched alkanes of at least 4 members (excludes halogenated alkanes) is 2. The van der Waals surface area contributed by atoms with Gasteiger partial charge in [0.2, 0.25) is 17.7 Å². The Labute approximate surface area is 218 Å². The molecule has 0 aromatic heterocycles. The molecule has 204 valence electrons. The van der Waals surface area contributed by atoms with Gasteiger partial charge in [0.05, 0.1) is 31.2 Å². The first kappa shape index (κ1) is 27.3. The minimum Gasteiger partial charge on any atom is -0.460 e. The Morgan fingerprint density at radius 3 is 2.70 bits per heavy atom. The van der Waals surface area contributed by atoms with E-state index in [9.17, 15) is 24.3 Å². The molecule has 3 amide bonds. The van der Waals surface area contributed by atoms with Gasteiger partial charge in [-0.25, -0.2) is 0 Å². The van der Waals surface area contributed by atoms with Crippen molar-refractivity contribution in [1.82, 2.24) is 15.1 Å². The second kappa shape index (κ2) is 11.3. The number of carbonyl (C=O) groups excluding carboxylic acids is 4. The first-order valence-corrected chi connectivity index (χ1v) is 13.5. The molecule has 4 aliphatic heterocycles. The summed E-state index contributed by atoms with van der Waals surface area (Å²) in [6, 6.07) is -1.64. The van der Waals surface area contributed by atoms with Gasteiger partial charge >= 0.3 is 5.97 Å². The fourth-order valence-corrected chi connectivity index (χ4v) is 5.96. The zero-order chi connectivity index (χ0) is 26.7. The molecule has 7 atom stereocenters. The van der Waals surface area contributed by atoms with E-state index in [1.165, 1.54) is 4.90 Å². The molecular formula is C27H39N3O7. The molecule has 4 aliphatic rings. The average Bonchev–Trinajstić information content (AvgIpc) is 3.27. The summed E-state index contributed by atoms with van der Waals surface area (Å²) in [6.07, 6.45) is 9.29. The number of hydrogen-bond donors (Lipinski definition) is 2. The molecule has 10 nitrogen and oxygen atoms in total. The number of rotatable bonds is 6. The van der Waals surface area contributed by atoms with Crippen LogP contribution in [0.15, 0.2) is 24.3 Å². The Kier molecular flexibility index (Phi) is 8.38. The van der Waals surface area contributed by atoms with Gasteiger partial charge in [0.1, 0.15) is 23.7 Å². The molecule has 4 heterocycles. The Morgan fingerprint density at radius 2 is 1.97 bits per heavy atom. The zero-order valence-corrected chi connectivity index (χ0v) is 21.9. The molecule has 4 rings (SSSR count). The topological polar surface area (TPSA) is 125 Å². The lowest BCUT2D eigenvalue weighted by molar-refractivity contribution is -0.159. The summed E-state index contributed by atoms with van der Waals surface area (Å²) in [5.74, 6) is -3.33. The van der Waals surface area contributed by atoms with E-state index in [0.717, 1.165) is 19.3 Å². The molecule has 37 heavy (non-hydrogen) atoms. The summed E-state index contributed by atoms with van der Waals surface area (Å²) in [5, 5.41) is 12.7. The highest BCUT2D eigenvalue weighted by Crippen LogP contribution is 2.53. The van der Waals surface area contributed by atoms with Crippen LogP contribution in [0, 0.1) is 11.8 Å². The van der Waals surface area contributed by atoms with Gasteiger partial charge in [-0.2, -0.15) is 0 Å². The van der Waals surface area contributed by atoms with Crippen molar-refractivity contribution in [3.05, 3.63) is 24.3 Å². The number of nitrogens with zero attached hydrogens (tertiary/aromatic N) is 2. The summed E-state index contributed by atoms with van der Waals surface area (Å²) in [5.41, 5.74) is -1.37. The molecule has 2 saturated heterocycles. The predicted molar refractivity (Wildman–Crippen MR) is 134 cm³/mol. The molecular weight excluding hydrogens is 478 g/mol. The van der Waals surface area contributed by atoms with Gasteiger partial charge in [-0.1, -0.05) is 44.1 Å². The van der Waals surface area contributed by atoms with Crippen molar-refractivity contribution in [1.29, 1.82) is 0 Å². The zero-order valence-electron chi connectivity index (χ0n) is 21.9. The summed E-state index contributed by atoms with van der Waals surface area (Å²) >= 11 is 0. The van der Waals surface area contributed by atoms with Gasteiger partial charge in [0.15, 0.2) is 0 Å². The Morgan fingerprint density at radius 1 is 1.19 bits per heavy atom. The van der Waals surface area contributed by atoms with Crippen LogP contribution < -0.4 is 5.32 Å². The molecule has 0 saturated carbocycles. The number of nitrogens with one attached hydrogen (secondary N) is 1. The lowest BCUT2D eigenvalue weighted by Gasteiger charge is -2.37. The molecule has 2 N–H and O–H groups in total. The maximum absolute atomic E-state index is 14.0. The lowest BCUT2D eigenvalue weighted by atomic mass is 9.78. The van der Waals surface area contributed by atoms with E-state index in [0.29, 0.717) is 19.5 Å². The third kappa shape index (κ3) is 5.05. The second-order valence-corrected chi connectivity index (χ2v) is 10.5. The highest BCUT2D eigenvalue weighted by atomic mass is 16.6. The van der Waals surface area contributed by atoms with Crippen molar-refractivity contribution < 1.29 is 33.8 Å². The number of aliphatic hydroxyl groups excluding tert-OH is 1. The molecule has 0 unspecified atom stereocenters. The number of fused-ring (bicyclic) bond motifs is 2. The summed E-state index contributed by atoms with van der Waals surface area (Å²) in [4.78, 5) is 56.7. The highest BCUT2D eigenvalue weighted by Gasteiger charge is 2.72. The number of allylic oxidation sites excluding steroid dienone is 1. The summed E-state index contributed by atoms with van der Waals surface area (Å²) < 4.78 is 12.2. The molecule has 0 aromatic carbocycles. The molecule has 1 spiro atoms. The number of aliphatic hydroxyl groups is 1. The van der Waals surface area contributed by atoms with Gasteiger partial charge < -0.3 is 29.7 Å². The fraction of sp³-hybridized carbons (Fsp3) is 0.704. The number of hydrogen-bond acceptors (Lipinski definition) is 7. The van der Waals surface area contributed by atoms with E-state index < -0.39 is 53.6 Å². The SMILES string of the molecule is CCCCCN1CC=C[C@@]23O[C@H]4/C=C\CCC(=O)NC[C@H](C)OC(=O)[C@H]4[C@@H]2C(=O)N([C@H](C)CO)[C@H]3C1=O. The number of cyclic esters (lactones) is 1. The van der Waals surface area contributed by atoms with Crippen molar-refractivity contribution in [3.8, 4) is 0 Å². The quantitative estimate of drug-likeness (QED) is 0.305. The van der Waals surface area contributed by atoms with Crippen molar-refractivity contribution in [3.63, 3.8) is 0 Å². The molecule has 0 bridgehead atoms. The van der Waals surface area contributed by atoms with Crippen LogP contribution in [-0.2, 0) is 28.7 Å². The molecule has 10 heteroatoms. The summed E-state index contributed by atoms with van der Waals surface area (Å²) in [6.45, 7) is 6.24. The Balaban J connectivity index is 1.76. The van der Waals surface area contributed by atoms with Crippen LogP contribution in [0.4, 0.5) is 0 Å². The van der Waals surface area contributed by atoms with E-state index in [4.69, 9.17) is 9.47 Å². The maximum atomic E-state index is 14.0. The van der Waals surface area contributed by atoms with E-state index in [2.05, 4.69) is 12.2 Å². The molecule has 0 radical (unpaired) electrons. The van der Waals surface area contributed by atoms with Gasteiger partial charge in [-0.05, 0) is 26.7 Å². The van der Waals surface area contributed by atoms with E-state index in [1.807, 2.05) is 6.08 Å². The van der Waals surface area contributed by atoms with Crippen LogP contribution in [0.1, 0.15) is 52.9 Å². The smallest absolute Gasteiger partial charge is 0.313 e. The van der Waals surface area contributed by atoms with E-state index >= 15 is 0 Å². The number of amides is 3. The summed E-state index contributed by atoms with van der Waals surface area (Å²) in [7, 11) is 0. The normalized spacial score (nSPS) is 35.9. The van der Waals surface area contributed by atoms with Crippen LogP contribution in [-0.4, -0.2) is 94.7 Å². The monoisotopic (exact) mass is 517 g/mol. The Hall–Kier alpha value is -2.72. The number of ether oxygens (including phenoxy) is 2. The number of carbonyl (C=O) groups is 4. The second-order valence-electron chi connectivity index (χ2n) is 10.5. The minimum atomic E-state index is -1.37. The first-order valence-electron chi connectivity index (χ1n) is 13.5. The first-order chi connectivity index (χ1) is 17.7. The Bertz CT molecular complexity index is 966. The third-order valence-corrected chi connectivity index (χ3v) is 7.83. The van der Waals surface area contributed by atoms with Crippen molar-refractivity contribution in [2.24, 2.45) is 11.8 Å². The van der Waals surface area contributed by atoms with Crippen LogP contribution in [0.25, 0.3) is 0 Å². The maximum Gasteiger partial charge on any atom is 0.313 e. The standard InChI is InChI=1S/C27H39N3O7/c1-4-5-8-13-29-14-9-12-27-22(24(33)30(17(2)16-31)23(27)25(29)34)21-19(37-27)10-6-7-11-20(32)28-15-18(3)36-26(21)35/h6,9-10,12,17-19,21-23,31H,4-5,7-8,11,13-16H2,1-3H3,(H,28,32)/b10-6-/t17-,18+,19+,21-,22-,23+,27-/m1/s1. The third-order valence-electron chi connectivity index (χ3n) is 7.83. The van der Waals surface area contributed by atoms with Gasteiger partial charge in [0, 0.05) is 19.5 Å². The van der Waals surface area contributed by atoms with Crippen LogP contribution >= 0.6 is 0 Å². The van der Waals surface area contributed by atoms with Crippen molar-refractivity contribution in [2.75, 3.05) is 26.2 Å². The van der Waals surface area contributed by atoms with Crippen LogP contribution in [0.5, 0.6) is 0 Å².